The van der Waals surface area contributed by atoms with Gasteiger partial charge < -0.3 is 14.7 Å². The Morgan fingerprint density at radius 3 is 3.04 bits per heavy atom. The second-order valence-corrected chi connectivity index (χ2v) is 7.94. The van der Waals surface area contributed by atoms with Gasteiger partial charge in [0, 0.05) is 30.6 Å². The molecule has 7 nitrogen and oxygen atoms in total. The van der Waals surface area contributed by atoms with Gasteiger partial charge in [0.2, 0.25) is 0 Å². The molecule has 0 aliphatic carbocycles. The summed E-state index contributed by atoms with van der Waals surface area (Å²) in [6, 6.07) is 3.75. The average Bonchev–Trinajstić information content (AvgIpc) is 3.30. The van der Waals surface area contributed by atoms with Gasteiger partial charge in [0.1, 0.15) is 10.7 Å². The van der Waals surface area contributed by atoms with E-state index < -0.39 is 5.97 Å². The SMILES string of the molecule is O=C(O)c1cc2c(s1)CCOC21CCN(c2nccc3[nH]ncc23)CC1. The topological polar surface area (TPSA) is 91.3 Å². The Hall–Kier alpha value is -2.45. The molecule has 3 aromatic heterocycles. The number of hydrogen-bond donors (Lipinski definition) is 2. The Morgan fingerprint density at radius 2 is 2.23 bits per heavy atom. The van der Waals surface area contributed by atoms with Crippen LogP contribution < -0.4 is 4.90 Å². The Labute approximate surface area is 153 Å². The highest BCUT2D eigenvalue weighted by Crippen LogP contribution is 2.45. The van der Waals surface area contributed by atoms with E-state index in [-0.39, 0.29) is 5.60 Å². The fraction of sp³-hybridized carbons (Fsp3) is 0.389. The molecule has 2 aliphatic heterocycles. The molecule has 3 aromatic rings. The zero-order chi connectivity index (χ0) is 17.7. The van der Waals surface area contributed by atoms with Crippen molar-refractivity contribution in [1.82, 2.24) is 15.2 Å². The molecule has 5 rings (SSSR count). The molecule has 2 aliphatic rings. The molecule has 2 N–H and O–H groups in total. The summed E-state index contributed by atoms with van der Waals surface area (Å²) >= 11 is 1.39. The van der Waals surface area contributed by atoms with E-state index in [1.165, 1.54) is 11.3 Å². The van der Waals surface area contributed by atoms with Crippen molar-refractivity contribution in [3.8, 4) is 0 Å². The minimum absolute atomic E-state index is 0.363. The van der Waals surface area contributed by atoms with Crippen LogP contribution in [0, 0.1) is 0 Å². The van der Waals surface area contributed by atoms with E-state index in [1.807, 2.05) is 18.3 Å². The molecule has 0 radical (unpaired) electrons. The summed E-state index contributed by atoms with van der Waals surface area (Å²) in [6.45, 7) is 2.28. The molecule has 0 amide bonds. The maximum absolute atomic E-state index is 11.4. The lowest BCUT2D eigenvalue weighted by Crippen LogP contribution is -2.46. The van der Waals surface area contributed by atoms with Crippen LogP contribution in [-0.4, -0.2) is 46.0 Å². The predicted octanol–water partition coefficient (Wildman–Crippen LogP) is 2.79. The molecule has 1 spiro atoms. The van der Waals surface area contributed by atoms with Crippen LogP contribution in [0.15, 0.2) is 24.5 Å². The van der Waals surface area contributed by atoms with Gasteiger partial charge in [-0.15, -0.1) is 11.3 Å². The summed E-state index contributed by atoms with van der Waals surface area (Å²) in [4.78, 5) is 19.8. The third kappa shape index (κ3) is 2.33. The average molecular weight is 370 g/mol. The van der Waals surface area contributed by atoms with E-state index >= 15 is 0 Å². The number of rotatable bonds is 2. The molecule has 1 saturated heterocycles. The van der Waals surface area contributed by atoms with Gasteiger partial charge in [0.25, 0.3) is 0 Å². The highest BCUT2D eigenvalue weighted by Gasteiger charge is 2.42. The quantitative estimate of drug-likeness (QED) is 0.721. The Balaban J connectivity index is 1.44. The van der Waals surface area contributed by atoms with Crippen molar-refractivity contribution < 1.29 is 14.6 Å². The first-order valence-corrected chi connectivity index (χ1v) is 9.51. The van der Waals surface area contributed by atoms with Gasteiger partial charge in [-0.2, -0.15) is 5.10 Å². The van der Waals surface area contributed by atoms with Crippen molar-refractivity contribution in [1.29, 1.82) is 0 Å². The van der Waals surface area contributed by atoms with Crippen molar-refractivity contribution in [3.63, 3.8) is 0 Å². The minimum Gasteiger partial charge on any atom is -0.477 e. The molecule has 134 valence electrons. The normalized spacial score (nSPS) is 19.0. The number of carboxylic acid groups (broad SMARTS) is 1. The summed E-state index contributed by atoms with van der Waals surface area (Å²) in [7, 11) is 0. The van der Waals surface area contributed by atoms with Gasteiger partial charge >= 0.3 is 5.97 Å². The van der Waals surface area contributed by atoms with Crippen LogP contribution in [-0.2, 0) is 16.8 Å². The molecule has 8 heteroatoms. The molecule has 0 bridgehead atoms. The first-order valence-electron chi connectivity index (χ1n) is 8.70. The molecule has 0 atom stereocenters. The van der Waals surface area contributed by atoms with Gasteiger partial charge in [0.15, 0.2) is 0 Å². The van der Waals surface area contributed by atoms with Gasteiger partial charge in [0.05, 0.1) is 29.3 Å². The van der Waals surface area contributed by atoms with Gasteiger partial charge in [-0.1, -0.05) is 0 Å². The highest BCUT2D eigenvalue weighted by molar-refractivity contribution is 7.14. The first-order chi connectivity index (χ1) is 12.7. The molecule has 5 heterocycles. The van der Waals surface area contributed by atoms with Crippen LogP contribution in [0.25, 0.3) is 10.9 Å². The predicted molar refractivity (Wildman–Crippen MR) is 97.9 cm³/mol. The summed E-state index contributed by atoms with van der Waals surface area (Å²) < 4.78 is 6.23. The van der Waals surface area contributed by atoms with Gasteiger partial charge in [-0.25, -0.2) is 9.78 Å². The number of ether oxygens (including phenoxy) is 1. The first kappa shape index (κ1) is 15.8. The van der Waals surface area contributed by atoms with Crippen molar-refractivity contribution in [2.75, 3.05) is 24.6 Å². The summed E-state index contributed by atoms with van der Waals surface area (Å²) in [5, 5.41) is 17.5. The second-order valence-electron chi connectivity index (χ2n) is 6.80. The van der Waals surface area contributed by atoms with Gasteiger partial charge in [-0.05, 0) is 30.5 Å². The van der Waals surface area contributed by atoms with Crippen LogP contribution in [0.1, 0.15) is 33.0 Å². The summed E-state index contributed by atoms with van der Waals surface area (Å²) in [5.74, 6) is 0.0894. The lowest BCUT2D eigenvalue weighted by molar-refractivity contribution is -0.0757. The monoisotopic (exact) mass is 370 g/mol. The minimum atomic E-state index is -0.854. The van der Waals surface area contributed by atoms with Crippen LogP contribution in [0.4, 0.5) is 5.82 Å². The molecule has 1 fully saturated rings. The number of aromatic amines is 1. The lowest BCUT2D eigenvalue weighted by Gasteiger charge is -2.44. The number of aromatic nitrogens is 3. The lowest BCUT2D eigenvalue weighted by atomic mass is 9.82. The third-order valence-corrected chi connectivity index (χ3v) is 6.62. The fourth-order valence-electron chi connectivity index (χ4n) is 4.12. The van der Waals surface area contributed by atoms with E-state index in [2.05, 4.69) is 20.1 Å². The standard InChI is InChI=1S/C18H18N4O3S/c23-17(24)15-9-12-14(26-15)2-8-25-18(12)3-6-22(7-4-18)16-11-10-20-21-13(11)1-5-19-16/h1,5,9-10H,2-4,6-8H2,(H,20,21)(H,23,24). The van der Waals surface area contributed by atoms with E-state index in [9.17, 15) is 9.90 Å². The number of carbonyl (C=O) groups is 1. The van der Waals surface area contributed by atoms with Crippen molar-refractivity contribution in [3.05, 3.63) is 39.8 Å². The Bertz CT molecular complexity index is 987. The number of carboxylic acids is 1. The van der Waals surface area contributed by atoms with E-state index in [1.54, 1.807) is 6.20 Å². The number of pyridine rings is 1. The molecule has 0 unspecified atom stereocenters. The number of nitrogens with zero attached hydrogens (tertiary/aromatic N) is 3. The van der Waals surface area contributed by atoms with E-state index in [0.717, 1.165) is 59.5 Å². The number of piperidine rings is 1. The van der Waals surface area contributed by atoms with Crippen molar-refractivity contribution in [2.45, 2.75) is 24.9 Å². The largest absolute Gasteiger partial charge is 0.477 e. The molecule has 0 saturated carbocycles. The maximum atomic E-state index is 11.4. The Kier molecular flexibility index (Phi) is 3.51. The van der Waals surface area contributed by atoms with E-state index in [0.29, 0.717) is 11.5 Å². The molecular formula is C18H18N4O3S. The number of aromatic carboxylic acids is 1. The second kappa shape index (κ2) is 5.78. The fourth-order valence-corrected chi connectivity index (χ4v) is 5.19. The number of nitrogens with one attached hydrogen (secondary N) is 1. The van der Waals surface area contributed by atoms with Gasteiger partial charge in [-0.3, -0.25) is 5.10 Å². The summed E-state index contributed by atoms with van der Waals surface area (Å²) in [6.07, 6.45) is 6.06. The highest BCUT2D eigenvalue weighted by atomic mass is 32.1. The molecule has 0 aromatic carbocycles. The third-order valence-electron chi connectivity index (χ3n) is 5.44. The number of hydrogen-bond acceptors (Lipinski definition) is 6. The molecular weight excluding hydrogens is 352 g/mol. The number of fused-ring (bicyclic) bond motifs is 3. The number of H-pyrrole nitrogens is 1. The van der Waals surface area contributed by atoms with Crippen LogP contribution >= 0.6 is 11.3 Å². The van der Waals surface area contributed by atoms with Crippen molar-refractivity contribution in [2.24, 2.45) is 0 Å². The van der Waals surface area contributed by atoms with Crippen molar-refractivity contribution >= 4 is 34.0 Å². The number of thiophene rings is 1. The molecule has 26 heavy (non-hydrogen) atoms. The van der Waals surface area contributed by atoms with E-state index in [4.69, 9.17) is 4.74 Å². The van der Waals surface area contributed by atoms with Crippen LogP contribution in [0.3, 0.4) is 0 Å². The smallest absolute Gasteiger partial charge is 0.345 e. The summed E-state index contributed by atoms with van der Waals surface area (Å²) in [5.41, 5.74) is 1.70. The Morgan fingerprint density at radius 1 is 1.38 bits per heavy atom. The zero-order valence-corrected chi connectivity index (χ0v) is 14.9. The zero-order valence-electron chi connectivity index (χ0n) is 14.1. The maximum Gasteiger partial charge on any atom is 0.345 e. The number of anilines is 1. The van der Waals surface area contributed by atoms with Crippen LogP contribution in [0.5, 0.6) is 0 Å². The van der Waals surface area contributed by atoms with Crippen LogP contribution in [0.2, 0.25) is 0 Å².